The highest BCUT2D eigenvalue weighted by atomic mass is 16.6. The molecule has 0 amide bonds. The number of rotatable bonds is 4. The topological polar surface area (TPSA) is 116 Å². The Labute approximate surface area is 184 Å². The molecule has 1 aliphatic heterocycles. The van der Waals surface area contributed by atoms with Gasteiger partial charge in [0.1, 0.15) is 30.0 Å². The van der Waals surface area contributed by atoms with Crippen molar-refractivity contribution >= 4 is 22.5 Å². The predicted octanol–water partition coefficient (Wildman–Crippen LogP) is 3.35. The third-order valence-corrected chi connectivity index (χ3v) is 5.72. The van der Waals surface area contributed by atoms with E-state index in [1.165, 1.54) is 6.33 Å². The van der Waals surface area contributed by atoms with Gasteiger partial charge in [0.05, 0.1) is 23.1 Å². The first-order chi connectivity index (χ1) is 15.6. The predicted molar refractivity (Wildman–Crippen MR) is 119 cm³/mol. The Morgan fingerprint density at radius 1 is 1.03 bits per heavy atom. The molecule has 3 heterocycles. The average molecular weight is 427 g/mol. The van der Waals surface area contributed by atoms with Gasteiger partial charge in [-0.25, -0.2) is 9.97 Å². The number of aromatic nitrogens is 3. The van der Waals surface area contributed by atoms with E-state index in [0.717, 1.165) is 22.2 Å². The number of hydrogen-bond donors (Lipinski definition) is 3. The number of aliphatic hydroxyl groups excluding tert-OH is 2. The highest BCUT2D eigenvalue weighted by molar-refractivity contribution is 6.02. The fraction of sp³-hybridized carbons (Fsp3) is 0.208. The molecule has 0 aliphatic carbocycles. The second kappa shape index (κ2) is 8.05. The largest absolute Gasteiger partial charge is 0.388 e. The van der Waals surface area contributed by atoms with Crippen molar-refractivity contribution in [1.82, 2.24) is 14.5 Å². The number of nitriles is 1. The molecule has 0 radical (unpaired) electrons. The zero-order valence-electron chi connectivity index (χ0n) is 17.3. The minimum atomic E-state index is -1.09. The minimum Gasteiger partial charge on any atom is -0.388 e. The maximum absolute atomic E-state index is 10.6. The number of aliphatic hydroxyl groups is 2. The molecule has 0 unspecified atom stereocenters. The monoisotopic (exact) mass is 427 g/mol. The van der Waals surface area contributed by atoms with Crippen molar-refractivity contribution in [2.45, 2.75) is 31.5 Å². The summed E-state index contributed by atoms with van der Waals surface area (Å²) >= 11 is 0. The van der Waals surface area contributed by atoms with Crippen LogP contribution in [0.15, 0.2) is 67.1 Å². The normalized spacial score (nSPS) is 22.7. The first-order valence-corrected chi connectivity index (χ1v) is 10.3. The Balaban J connectivity index is 1.67. The van der Waals surface area contributed by atoms with Gasteiger partial charge in [-0.3, -0.25) is 0 Å². The van der Waals surface area contributed by atoms with Crippen LogP contribution < -0.4 is 5.32 Å². The van der Waals surface area contributed by atoms with Gasteiger partial charge in [-0.1, -0.05) is 30.3 Å². The molecule has 0 spiro atoms. The molecule has 8 heteroatoms. The lowest BCUT2D eigenvalue weighted by molar-refractivity contribution is -0.0295. The Bertz CT molecular complexity index is 1300. The number of hydrogen-bond acceptors (Lipinski definition) is 7. The number of ether oxygens (including phenoxy) is 1. The van der Waals surface area contributed by atoms with Gasteiger partial charge in [0.15, 0.2) is 6.23 Å². The van der Waals surface area contributed by atoms with Gasteiger partial charge in [0.2, 0.25) is 0 Å². The molecule has 8 nitrogen and oxygen atoms in total. The summed E-state index contributed by atoms with van der Waals surface area (Å²) in [6, 6.07) is 19.0. The van der Waals surface area contributed by atoms with E-state index in [4.69, 9.17) is 10.00 Å². The SMILES string of the molecule is C[C@H]1O[C@@H](n2cc(-c3ccccc3)c3c(Nc4ccc(C#N)cc4)ncnc32)[C@@H](O)[C@H]1O. The highest BCUT2D eigenvalue weighted by Crippen LogP contribution is 2.39. The van der Waals surface area contributed by atoms with Crippen LogP contribution in [0.3, 0.4) is 0 Å². The van der Waals surface area contributed by atoms with E-state index in [9.17, 15) is 10.2 Å². The van der Waals surface area contributed by atoms with Crippen LogP contribution in [0.1, 0.15) is 18.7 Å². The Morgan fingerprint density at radius 3 is 2.44 bits per heavy atom. The van der Waals surface area contributed by atoms with Crippen LogP contribution in [0, 0.1) is 11.3 Å². The van der Waals surface area contributed by atoms with Crippen LogP contribution in [0.5, 0.6) is 0 Å². The minimum absolute atomic E-state index is 0.509. The van der Waals surface area contributed by atoms with Crippen LogP contribution in [0.4, 0.5) is 11.5 Å². The molecule has 0 saturated carbocycles. The fourth-order valence-electron chi connectivity index (χ4n) is 4.03. The van der Waals surface area contributed by atoms with Crippen LogP contribution in [-0.4, -0.2) is 43.1 Å². The molecule has 4 aromatic rings. The molecular formula is C24H21N5O3. The van der Waals surface area contributed by atoms with Crippen molar-refractivity contribution in [3.63, 3.8) is 0 Å². The Kier molecular flexibility index (Phi) is 5.07. The van der Waals surface area contributed by atoms with Gasteiger partial charge in [-0.05, 0) is 36.8 Å². The second-order valence-electron chi connectivity index (χ2n) is 7.76. The van der Waals surface area contributed by atoms with Crippen LogP contribution >= 0.6 is 0 Å². The molecule has 2 aromatic carbocycles. The van der Waals surface area contributed by atoms with E-state index in [-0.39, 0.29) is 0 Å². The third kappa shape index (κ3) is 3.39. The summed E-state index contributed by atoms with van der Waals surface area (Å²) in [6.45, 7) is 1.73. The lowest BCUT2D eigenvalue weighted by atomic mass is 10.1. The van der Waals surface area contributed by atoms with Gasteiger partial charge in [-0.15, -0.1) is 0 Å². The van der Waals surface area contributed by atoms with Gasteiger partial charge >= 0.3 is 0 Å². The summed E-state index contributed by atoms with van der Waals surface area (Å²) in [5, 5.41) is 33.9. The summed E-state index contributed by atoms with van der Waals surface area (Å²) in [7, 11) is 0. The highest BCUT2D eigenvalue weighted by Gasteiger charge is 2.42. The van der Waals surface area contributed by atoms with Gasteiger partial charge in [-0.2, -0.15) is 5.26 Å². The van der Waals surface area contributed by atoms with E-state index in [1.54, 1.807) is 23.6 Å². The van der Waals surface area contributed by atoms with Crippen LogP contribution in [-0.2, 0) is 4.74 Å². The third-order valence-electron chi connectivity index (χ3n) is 5.72. The van der Waals surface area contributed by atoms with Crippen molar-refractivity contribution in [3.05, 3.63) is 72.7 Å². The Morgan fingerprint density at radius 2 is 1.78 bits per heavy atom. The van der Waals surface area contributed by atoms with Gasteiger partial charge in [0.25, 0.3) is 0 Å². The molecule has 1 saturated heterocycles. The zero-order chi connectivity index (χ0) is 22.2. The van der Waals surface area contributed by atoms with Crippen molar-refractivity contribution < 1.29 is 14.9 Å². The number of anilines is 2. The van der Waals surface area contributed by atoms with Crippen molar-refractivity contribution in [3.8, 4) is 17.2 Å². The van der Waals surface area contributed by atoms with Crippen LogP contribution in [0.25, 0.3) is 22.2 Å². The summed E-state index contributed by atoms with van der Waals surface area (Å²) in [5.74, 6) is 0.582. The lowest BCUT2D eigenvalue weighted by Gasteiger charge is -2.17. The maximum atomic E-state index is 10.6. The number of nitrogens with zero attached hydrogens (tertiary/aromatic N) is 4. The molecule has 160 valence electrons. The molecule has 32 heavy (non-hydrogen) atoms. The second-order valence-corrected chi connectivity index (χ2v) is 7.76. The van der Waals surface area contributed by atoms with Gasteiger partial charge < -0.3 is 24.8 Å². The maximum Gasteiger partial charge on any atom is 0.164 e. The molecule has 1 fully saturated rings. The molecule has 5 rings (SSSR count). The summed E-state index contributed by atoms with van der Waals surface area (Å²) in [4.78, 5) is 8.95. The van der Waals surface area contributed by atoms with Gasteiger partial charge in [0, 0.05) is 17.4 Å². The van der Waals surface area contributed by atoms with Crippen molar-refractivity contribution in [2.75, 3.05) is 5.32 Å². The summed E-state index contributed by atoms with van der Waals surface area (Å²) in [6.07, 6.45) is -0.0499. The van der Waals surface area contributed by atoms with E-state index < -0.39 is 24.5 Å². The first-order valence-electron chi connectivity index (χ1n) is 10.3. The van der Waals surface area contributed by atoms with E-state index in [2.05, 4.69) is 21.4 Å². The van der Waals surface area contributed by atoms with Crippen molar-refractivity contribution in [1.29, 1.82) is 5.26 Å². The zero-order valence-corrected chi connectivity index (χ0v) is 17.3. The molecule has 2 aromatic heterocycles. The molecule has 0 bridgehead atoms. The van der Waals surface area contributed by atoms with Crippen LogP contribution in [0.2, 0.25) is 0 Å². The molecule has 1 aliphatic rings. The lowest BCUT2D eigenvalue weighted by Crippen LogP contribution is -2.30. The molecule has 4 atom stereocenters. The molecular weight excluding hydrogens is 406 g/mol. The smallest absolute Gasteiger partial charge is 0.164 e. The summed E-state index contributed by atoms with van der Waals surface area (Å²) in [5.41, 5.74) is 3.73. The number of nitrogens with one attached hydrogen (secondary N) is 1. The Hall–Kier alpha value is -3.77. The van der Waals surface area contributed by atoms with E-state index in [1.807, 2.05) is 48.7 Å². The number of benzene rings is 2. The molecule has 3 N–H and O–H groups in total. The fourth-order valence-corrected chi connectivity index (χ4v) is 4.03. The number of fused-ring (bicyclic) bond motifs is 1. The quantitative estimate of drug-likeness (QED) is 0.457. The summed E-state index contributed by atoms with van der Waals surface area (Å²) < 4.78 is 7.62. The van der Waals surface area contributed by atoms with E-state index >= 15 is 0 Å². The van der Waals surface area contributed by atoms with Crippen molar-refractivity contribution in [2.24, 2.45) is 0 Å². The van der Waals surface area contributed by atoms with E-state index in [0.29, 0.717) is 17.0 Å². The standard InChI is InChI=1S/C24H21N5O3/c1-14-20(30)21(31)24(32-14)29-12-18(16-5-3-2-4-6-16)19-22(26-13-27-23(19)29)28-17-9-7-15(11-25)8-10-17/h2-10,12-14,20-21,24,30-31H,1H3,(H,26,27,28)/t14-,20+,21+,24-/m1/s1. The first kappa shape index (κ1) is 20.2. The average Bonchev–Trinajstić information content (AvgIpc) is 3.34.